The Morgan fingerprint density at radius 1 is 1.53 bits per heavy atom. The summed E-state index contributed by atoms with van der Waals surface area (Å²) in [5, 5.41) is 0. The summed E-state index contributed by atoms with van der Waals surface area (Å²) in [6, 6.07) is 0. The fraction of sp³-hybridized carbons (Fsp3) is 0.600. The highest BCUT2D eigenvalue weighted by molar-refractivity contribution is 5.83. The van der Waals surface area contributed by atoms with Crippen LogP contribution < -0.4 is 0 Å². The van der Waals surface area contributed by atoms with Crippen molar-refractivity contribution in [1.82, 2.24) is 4.90 Å². The molecule has 1 heterocycles. The first kappa shape index (κ1) is 11.6. The van der Waals surface area contributed by atoms with Gasteiger partial charge in [0.05, 0.1) is 13.7 Å². The quantitative estimate of drug-likeness (QED) is 0.506. The molecule has 0 aromatic heterocycles. The van der Waals surface area contributed by atoms with Crippen molar-refractivity contribution in [2.45, 2.75) is 13.3 Å². The number of hydrogen-bond donors (Lipinski definition) is 0. The van der Waals surface area contributed by atoms with Gasteiger partial charge in [0.15, 0.2) is 0 Å². The van der Waals surface area contributed by atoms with Crippen LogP contribution in [0.4, 0.5) is 4.79 Å². The molecule has 1 aliphatic rings. The predicted octanol–water partition coefficient (Wildman–Crippen LogP) is 0.948. The lowest BCUT2D eigenvalue weighted by molar-refractivity contribution is -0.137. The van der Waals surface area contributed by atoms with Crippen LogP contribution in [-0.2, 0) is 14.3 Å². The first-order chi connectivity index (χ1) is 7.17. The Kier molecular flexibility index (Phi) is 4.15. The van der Waals surface area contributed by atoms with Crippen LogP contribution in [-0.4, -0.2) is 43.8 Å². The molecule has 0 aromatic rings. The van der Waals surface area contributed by atoms with Crippen molar-refractivity contribution in [1.29, 1.82) is 0 Å². The van der Waals surface area contributed by atoms with Crippen molar-refractivity contribution in [3.63, 3.8) is 0 Å². The molecule has 0 aromatic carbocycles. The second-order valence-corrected chi connectivity index (χ2v) is 3.20. The van der Waals surface area contributed by atoms with Crippen LogP contribution in [0.15, 0.2) is 11.6 Å². The maximum Gasteiger partial charge on any atom is 0.409 e. The summed E-state index contributed by atoms with van der Waals surface area (Å²) in [4.78, 5) is 23.8. The molecule has 0 atom stereocenters. The molecule has 1 saturated heterocycles. The fourth-order valence-corrected chi connectivity index (χ4v) is 1.44. The lowest BCUT2D eigenvalue weighted by atomic mass is 10.2. The molecule has 5 nitrogen and oxygen atoms in total. The van der Waals surface area contributed by atoms with E-state index in [-0.39, 0.29) is 12.1 Å². The molecular formula is C10H15NO4. The maximum atomic E-state index is 11.1. The van der Waals surface area contributed by atoms with Gasteiger partial charge in [-0.2, -0.15) is 0 Å². The van der Waals surface area contributed by atoms with E-state index in [4.69, 9.17) is 4.74 Å². The van der Waals surface area contributed by atoms with Crippen LogP contribution in [0.5, 0.6) is 0 Å². The minimum atomic E-state index is -0.359. The molecule has 0 radical (unpaired) electrons. The van der Waals surface area contributed by atoms with Crippen molar-refractivity contribution in [2.75, 3.05) is 26.8 Å². The lowest BCUT2D eigenvalue weighted by Crippen LogP contribution is -2.27. The summed E-state index contributed by atoms with van der Waals surface area (Å²) in [6.45, 7) is 3.17. The van der Waals surface area contributed by atoms with E-state index >= 15 is 0 Å². The molecular weight excluding hydrogens is 198 g/mol. The molecule has 0 N–H and O–H groups in total. The van der Waals surface area contributed by atoms with Gasteiger partial charge in [-0.05, 0) is 18.9 Å². The van der Waals surface area contributed by atoms with E-state index in [1.54, 1.807) is 11.8 Å². The van der Waals surface area contributed by atoms with E-state index in [0.717, 1.165) is 5.57 Å². The molecule has 0 unspecified atom stereocenters. The number of ether oxygens (including phenoxy) is 2. The molecule has 1 rings (SSSR count). The predicted molar refractivity (Wildman–Crippen MR) is 53.3 cm³/mol. The largest absolute Gasteiger partial charge is 0.463 e. The van der Waals surface area contributed by atoms with Crippen LogP contribution in [0.3, 0.4) is 0 Å². The standard InChI is InChI=1S/C10H15NO4/c1-3-15-9(12)6-8-4-5-11(7-8)10(13)14-2/h6H,3-5,7H2,1-2H3/b8-6+. The summed E-state index contributed by atoms with van der Waals surface area (Å²) < 4.78 is 9.35. The van der Waals surface area contributed by atoms with Crippen molar-refractivity contribution >= 4 is 12.1 Å². The molecule has 1 aliphatic heterocycles. The second kappa shape index (κ2) is 5.38. The molecule has 0 aliphatic carbocycles. The zero-order valence-corrected chi connectivity index (χ0v) is 8.99. The number of amides is 1. The number of carbonyl (C=O) groups is 2. The average molecular weight is 213 g/mol. The normalized spacial score (nSPS) is 18.0. The number of nitrogens with zero attached hydrogens (tertiary/aromatic N) is 1. The number of esters is 1. The number of methoxy groups -OCH3 is 1. The van der Waals surface area contributed by atoms with Gasteiger partial charge in [-0.25, -0.2) is 9.59 Å². The summed E-state index contributed by atoms with van der Waals surface area (Å²) in [5.41, 5.74) is 0.902. The van der Waals surface area contributed by atoms with E-state index in [2.05, 4.69) is 4.74 Å². The molecule has 5 heteroatoms. The zero-order valence-electron chi connectivity index (χ0n) is 8.99. The van der Waals surface area contributed by atoms with E-state index in [1.807, 2.05) is 0 Å². The van der Waals surface area contributed by atoms with Gasteiger partial charge in [-0.3, -0.25) is 0 Å². The molecule has 0 bridgehead atoms. The zero-order chi connectivity index (χ0) is 11.3. The van der Waals surface area contributed by atoms with E-state index in [0.29, 0.717) is 26.1 Å². The Morgan fingerprint density at radius 3 is 2.87 bits per heavy atom. The van der Waals surface area contributed by atoms with Crippen LogP contribution >= 0.6 is 0 Å². The van der Waals surface area contributed by atoms with E-state index < -0.39 is 0 Å². The summed E-state index contributed by atoms with van der Waals surface area (Å²) in [5.74, 6) is -0.348. The highest BCUT2D eigenvalue weighted by Crippen LogP contribution is 2.15. The number of likely N-dealkylation sites (tertiary alicyclic amines) is 1. The van der Waals surface area contributed by atoms with Crippen molar-refractivity contribution in [3.8, 4) is 0 Å². The Labute approximate surface area is 88.6 Å². The second-order valence-electron chi connectivity index (χ2n) is 3.20. The third-order valence-corrected chi connectivity index (χ3v) is 2.14. The molecule has 1 amide bonds. The molecule has 1 fully saturated rings. The maximum absolute atomic E-state index is 11.1. The van der Waals surface area contributed by atoms with Crippen LogP contribution in [0.1, 0.15) is 13.3 Å². The first-order valence-electron chi connectivity index (χ1n) is 4.86. The SMILES string of the molecule is CCOC(=O)/C=C1\CCN(C(=O)OC)C1. The molecule has 15 heavy (non-hydrogen) atoms. The summed E-state index contributed by atoms with van der Waals surface area (Å²) >= 11 is 0. The Hall–Kier alpha value is -1.52. The van der Waals surface area contributed by atoms with Gasteiger partial charge in [-0.1, -0.05) is 0 Å². The Morgan fingerprint density at radius 2 is 2.27 bits per heavy atom. The molecule has 84 valence electrons. The topological polar surface area (TPSA) is 55.8 Å². The highest BCUT2D eigenvalue weighted by Gasteiger charge is 2.22. The fourth-order valence-electron chi connectivity index (χ4n) is 1.44. The summed E-state index contributed by atoms with van der Waals surface area (Å²) in [7, 11) is 1.34. The van der Waals surface area contributed by atoms with Gasteiger partial charge in [0.2, 0.25) is 0 Å². The average Bonchev–Trinajstić information content (AvgIpc) is 2.65. The van der Waals surface area contributed by atoms with Gasteiger partial charge in [0, 0.05) is 19.2 Å². The number of rotatable bonds is 2. The third-order valence-electron chi connectivity index (χ3n) is 2.14. The smallest absolute Gasteiger partial charge is 0.409 e. The molecule has 0 spiro atoms. The van der Waals surface area contributed by atoms with Gasteiger partial charge in [0.25, 0.3) is 0 Å². The van der Waals surface area contributed by atoms with Crippen molar-refractivity contribution in [2.24, 2.45) is 0 Å². The monoisotopic (exact) mass is 213 g/mol. The Balaban J connectivity index is 2.48. The molecule has 0 saturated carbocycles. The van der Waals surface area contributed by atoms with E-state index in [1.165, 1.54) is 13.2 Å². The van der Waals surface area contributed by atoms with Crippen LogP contribution in [0.2, 0.25) is 0 Å². The Bertz CT molecular complexity index is 285. The van der Waals surface area contributed by atoms with Crippen molar-refractivity contribution < 1.29 is 19.1 Å². The third kappa shape index (κ3) is 3.27. The minimum Gasteiger partial charge on any atom is -0.463 e. The lowest BCUT2D eigenvalue weighted by Gasteiger charge is -2.11. The van der Waals surface area contributed by atoms with Crippen LogP contribution in [0, 0.1) is 0 Å². The summed E-state index contributed by atoms with van der Waals surface area (Å²) in [6.07, 6.45) is 1.79. The minimum absolute atomic E-state index is 0.348. The number of carbonyl (C=O) groups excluding carboxylic acids is 2. The number of hydrogen-bond acceptors (Lipinski definition) is 4. The van der Waals surface area contributed by atoms with Crippen molar-refractivity contribution in [3.05, 3.63) is 11.6 Å². The first-order valence-corrected chi connectivity index (χ1v) is 4.86. The van der Waals surface area contributed by atoms with Gasteiger partial charge >= 0.3 is 12.1 Å². The van der Waals surface area contributed by atoms with Gasteiger partial charge < -0.3 is 14.4 Å². The van der Waals surface area contributed by atoms with E-state index in [9.17, 15) is 9.59 Å². The highest BCUT2D eigenvalue weighted by atomic mass is 16.5. The van der Waals surface area contributed by atoms with Gasteiger partial charge in [0.1, 0.15) is 0 Å². The van der Waals surface area contributed by atoms with Crippen LogP contribution in [0.25, 0.3) is 0 Å². The van der Waals surface area contributed by atoms with Gasteiger partial charge in [-0.15, -0.1) is 0 Å².